The zero-order valence-corrected chi connectivity index (χ0v) is 16.1. The number of hydrogen-bond donors (Lipinski definition) is 0. The van der Waals surface area contributed by atoms with E-state index in [0.29, 0.717) is 57.8 Å². The van der Waals surface area contributed by atoms with E-state index in [1.807, 2.05) is 18.7 Å². The molecule has 2 saturated heterocycles. The molecule has 1 atom stereocenters. The maximum atomic E-state index is 12.8. The minimum atomic E-state index is -0.485. The monoisotopic (exact) mass is 376 g/mol. The first-order chi connectivity index (χ1) is 13.0. The molecule has 148 valence electrons. The van der Waals surface area contributed by atoms with Crippen molar-refractivity contribution in [2.24, 2.45) is 0 Å². The fourth-order valence-corrected chi connectivity index (χ4v) is 3.56. The third-order valence-corrected chi connectivity index (χ3v) is 5.42. The molecule has 2 aliphatic rings. The Kier molecular flexibility index (Phi) is 6.38. The summed E-state index contributed by atoms with van der Waals surface area (Å²) in [7, 11) is 0. The van der Waals surface area contributed by atoms with Gasteiger partial charge < -0.3 is 19.3 Å². The Morgan fingerprint density at radius 2 is 1.96 bits per heavy atom. The van der Waals surface area contributed by atoms with Crippen LogP contribution in [0.1, 0.15) is 50.0 Å². The Morgan fingerprint density at radius 3 is 2.56 bits per heavy atom. The first-order valence-corrected chi connectivity index (χ1v) is 9.67. The van der Waals surface area contributed by atoms with Crippen LogP contribution in [0.4, 0.5) is 0 Å². The molecular formula is C19H28N4O4. The van der Waals surface area contributed by atoms with Crippen molar-refractivity contribution in [2.75, 3.05) is 32.8 Å². The quantitative estimate of drug-likeness (QED) is 0.748. The first kappa shape index (κ1) is 19.7. The number of carbonyl (C=O) groups excluding carboxylic acids is 2. The second kappa shape index (κ2) is 8.75. The van der Waals surface area contributed by atoms with Gasteiger partial charge in [-0.2, -0.15) is 0 Å². The molecule has 0 aromatic carbocycles. The maximum absolute atomic E-state index is 12.8. The van der Waals surface area contributed by atoms with Gasteiger partial charge in [-0.1, -0.05) is 6.92 Å². The number of carbonyl (C=O) groups is 2. The molecule has 0 aliphatic carbocycles. The van der Waals surface area contributed by atoms with Gasteiger partial charge in [-0.05, 0) is 13.3 Å². The van der Waals surface area contributed by atoms with E-state index < -0.39 is 5.79 Å². The topological polar surface area (TPSA) is 84.9 Å². The highest BCUT2D eigenvalue weighted by atomic mass is 16.7. The van der Waals surface area contributed by atoms with E-state index in [4.69, 9.17) is 9.47 Å². The maximum Gasteiger partial charge on any atom is 0.274 e. The lowest BCUT2D eigenvalue weighted by molar-refractivity contribution is -0.187. The predicted octanol–water partition coefficient (Wildman–Crippen LogP) is 1.47. The molecule has 0 N–H and O–H groups in total. The predicted molar refractivity (Wildman–Crippen MR) is 97.9 cm³/mol. The van der Waals surface area contributed by atoms with Gasteiger partial charge in [0.05, 0.1) is 19.4 Å². The van der Waals surface area contributed by atoms with Crippen molar-refractivity contribution < 1.29 is 19.1 Å². The van der Waals surface area contributed by atoms with Crippen LogP contribution in [-0.2, 0) is 14.3 Å². The summed E-state index contributed by atoms with van der Waals surface area (Å²) in [4.78, 5) is 37.1. The third kappa shape index (κ3) is 4.62. The zero-order chi connectivity index (χ0) is 19.3. The van der Waals surface area contributed by atoms with Crippen molar-refractivity contribution in [1.29, 1.82) is 0 Å². The molecule has 8 nitrogen and oxygen atoms in total. The van der Waals surface area contributed by atoms with Gasteiger partial charge in [0, 0.05) is 57.3 Å². The van der Waals surface area contributed by atoms with E-state index in [9.17, 15) is 9.59 Å². The van der Waals surface area contributed by atoms with Gasteiger partial charge in [0.1, 0.15) is 5.69 Å². The standard InChI is InChI=1S/C19H28N4O4/c1-3-15(2)23(18(25)16-14-20-7-8-21-16)9-4-17(24)22-10-5-19(6-11-22)26-12-13-27-19/h7-8,14-15H,3-6,9-13H2,1-2H3. The molecule has 0 bridgehead atoms. The van der Waals surface area contributed by atoms with Gasteiger partial charge >= 0.3 is 0 Å². The summed E-state index contributed by atoms with van der Waals surface area (Å²) in [6, 6.07) is 0.0252. The summed E-state index contributed by atoms with van der Waals surface area (Å²) in [5.74, 6) is -0.611. The first-order valence-electron chi connectivity index (χ1n) is 9.67. The minimum absolute atomic E-state index is 0.0252. The summed E-state index contributed by atoms with van der Waals surface area (Å²) < 4.78 is 11.4. The van der Waals surface area contributed by atoms with Crippen LogP contribution < -0.4 is 0 Å². The fourth-order valence-electron chi connectivity index (χ4n) is 3.56. The van der Waals surface area contributed by atoms with Gasteiger partial charge in [0.15, 0.2) is 5.79 Å². The van der Waals surface area contributed by atoms with E-state index >= 15 is 0 Å². The van der Waals surface area contributed by atoms with Crippen LogP contribution in [-0.4, -0.2) is 76.3 Å². The number of ether oxygens (including phenoxy) is 2. The van der Waals surface area contributed by atoms with Crippen molar-refractivity contribution in [2.45, 2.75) is 51.4 Å². The Labute approximate surface area is 159 Å². The second-order valence-corrected chi connectivity index (χ2v) is 7.08. The lowest BCUT2D eigenvalue weighted by Gasteiger charge is -2.38. The van der Waals surface area contributed by atoms with Crippen LogP contribution in [0.2, 0.25) is 0 Å². The van der Waals surface area contributed by atoms with E-state index in [0.717, 1.165) is 6.42 Å². The molecule has 3 heterocycles. The average Bonchev–Trinajstić information content (AvgIpc) is 3.16. The summed E-state index contributed by atoms with van der Waals surface area (Å²) in [5.41, 5.74) is 0.306. The fraction of sp³-hybridized carbons (Fsp3) is 0.684. The normalized spacial score (nSPS) is 19.9. The van der Waals surface area contributed by atoms with Crippen LogP contribution in [0.15, 0.2) is 18.6 Å². The molecule has 1 aromatic heterocycles. The molecule has 2 aliphatic heterocycles. The van der Waals surface area contributed by atoms with Crippen LogP contribution in [0, 0.1) is 0 Å². The molecule has 1 spiro atoms. The average molecular weight is 376 g/mol. The van der Waals surface area contributed by atoms with Gasteiger partial charge in [0.25, 0.3) is 5.91 Å². The van der Waals surface area contributed by atoms with Crippen LogP contribution in [0.25, 0.3) is 0 Å². The largest absolute Gasteiger partial charge is 0.347 e. The SMILES string of the molecule is CCC(C)N(CCC(=O)N1CCC2(CC1)OCCO2)C(=O)c1cnccn1. The van der Waals surface area contributed by atoms with Crippen molar-refractivity contribution in [3.8, 4) is 0 Å². The smallest absolute Gasteiger partial charge is 0.274 e. The molecule has 8 heteroatoms. The van der Waals surface area contributed by atoms with E-state index in [1.54, 1.807) is 4.90 Å². The number of aromatic nitrogens is 2. The van der Waals surface area contributed by atoms with E-state index in [-0.39, 0.29) is 17.9 Å². The van der Waals surface area contributed by atoms with Crippen LogP contribution in [0.3, 0.4) is 0 Å². The lowest BCUT2D eigenvalue weighted by atomic mass is 10.0. The number of nitrogens with zero attached hydrogens (tertiary/aromatic N) is 4. The number of piperidine rings is 1. The van der Waals surface area contributed by atoms with Gasteiger partial charge in [-0.15, -0.1) is 0 Å². The van der Waals surface area contributed by atoms with Crippen molar-refractivity contribution >= 4 is 11.8 Å². The lowest BCUT2D eigenvalue weighted by Crippen LogP contribution is -2.48. The van der Waals surface area contributed by atoms with Crippen LogP contribution in [0.5, 0.6) is 0 Å². The van der Waals surface area contributed by atoms with Crippen molar-refractivity contribution in [1.82, 2.24) is 19.8 Å². The van der Waals surface area contributed by atoms with E-state index in [1.165, 1.54) is 18.6 Å². The molecule has 0 saturated carbocycles. The highest BCUT2D eigenvalue weighted by molar-refractivity contribution is 5.92. The van der Waals surface area contributed by atoms with Crippen molar-refractivity contribution in [3.05, 3.63) is 24.3 Å². The minimum Gasteiger partial charge on any atom is -0.347 e. The van der Waals surface area contributed by atoms with Crippen molar-refractivity contribution in [3.63, 3.8) is 0 Å². The highest BCUT2D eigenvalue weighted by Gasteiger charge is 2.40. The van der Waals surface area contributed by atoms with E-state index in [2.05, 4.69) is 9.97 Å². The summed E-state index contributed by atoms with van der Waals surface area (Å²) in [6.45, 7) is 6.89. The Hall–Kier alpha value is -2.06. The number of amides is 2. The molecular weight excluding hydrogens is 348 g/mol. The Morgan fingerprint density at radius 1 is 1.26 bits per heavy atom. The van der Waals surface area contributed by atoms with Gasteiger partial charge in [-0.25, -0.2) is 4.98 Å². The molecule has 1 unspecified atom stereocenters. The Bertz CT molecular complexity index is 638. The number of likely N-dealkylation sites (tertiary alicyclic amines) is 1. The number of hydrogen-bond acceptors (Lipinski definition) is 6. The third-order valence-electron chi connectivity index (χ3n) is 5.42. The van der Waals surface area contributed by atoms with Crippen LogP contribution >= 0.6 is 0 Å². The summed E-state index contributed by atoms with van der Waals surface area (Å²) >= 11 is 0. The summed E-state index contributed by atoms with van der Waals surface area (Å²) in [5, 5.41) is 0. The highest BCUT2D eigenvalue weighted by Crippen LogP contribution is 2.31. The Balaban J connectivity index is 1.55. The molecule has 0 radical (unpaired) electrons. The van der Waals surface area contributed by atoms with Gasteiger partial charge in [-0.3, -0.25) is 14.6 Å². The molecule has 3 rings (SSSR count). The number of rotatable bonds is 6. The molecule has 2 fully saturated rings. The molecule has 2 amide bonds. The molecule has 27 heavy (non-hydrogen) atoms. The summed E-state index contributed by atoms with van der Waals surface area (Å²) in [6.07, 6.45) is 7.01. The van der Waals surface area contributed by atoms with Gasteiger partial charge in [0.2, 0.25) is 5.91 Å². The zero-order valence-electron chi connectivity index (χ0n) is 16.1. The molecule has 1 aromatic rings. The second-order valence-electron chi connectivity index (χ2n) is 7.08.